The third-order valence-corrected chi connectivity index (χ3v) is 3.92. The zero-order chi connectivity index (χ0) is 9.10. The summed E-state index contributed by atoms with van der Waals surface area (Å²) in [5.74, 6) is 3.87. The number of nitrogens with one attached hydrogen (secondary N) is 1. The third kappa shape index (κ3) is 2.30. The van der Waals surface area contributed by atoms with Crippen molar-refractivity contribution >= 4 is 17.9 Å². The van der Waals surface area contributed by atoms with E-state index in [-0.39, 0.29) is 6.09 Å². The Hall–Kier alpha value is -0.380. The number of carbonyl (C=O) groups is 1. The molecule has 13 heavy (non-hydrogen) atoms. The highest BCUT2D eigenvalue weighted by molar-refractivity contribution is 7.99. The molecule has 1 unspecified atom stereocenters. The van der Waals surface area contributed by atoms with Crippen LogP contribution >= 0.6 is 11.8 Å². The van der Waals surface area contributed by atoms with Gasteiger partial charge in [-0.2, -0.15) is 11.8 Å². The summed E-state index contributed by atoms with van der Waals surface area (Å²) in [6.45, 7) is 1.44. The Bertz CT molecular complexity index is 182. The maximum Gasteiger partial charge on any atom is 0.407 e. The summed E-state index contributed by atoms with van der Waals surface area (Å²) in [5.41, 5.74) is 0. The van der Waals surface area contributed by atoms with E-state index in [0.29, 0.717) is 12.5 Å². The molecule has 2 fully saturated rings. The van der Waals surface area contributed by atoms with E-state index >= 15 is 0 Å². The number of thioether (sulfide) groups is 1. The van der Waals surface area contributed by atoms with Crippen LogP contribution in [0.3, 0.4) is 0 Å². The molecule has 2 aliphatic rings. The molecule has 2 heterocycles. The molecule has 1 atom stereocenters. The van der Waals surface area contributed by atoms with E-state index < -0.39 is 0 Å². The number of cyclic esters (lactones) is 1. The maximum absolute atomic E-state index is 10.8. The van der Waals surface area contributed by atoms with Crippen molar-refractivity contribution in [1.29, 1.82) is 0 Å². The first-order chi connectivity index (χ1) is 6.36. The lowest BCUT2D eigenvalue weighted by molar-refractivity contribution is 0.0801. The van der Waals surface area contributed by atoms with Crippen molar-refractivity contribution in [3.8, 4) is 0 Å². The lowest BCUT2D eigenvalue weighted by Gasteiger charge is -2.32. The highest BCUT2D eigenvalue weighted by Crippen LogP contribution is 2.29. The normalized spacial score (nSPS) is 30.8. The summed E-state index contributed by atoms with van der Waals surface area (Å²) >= 11 is 2.04. The van der Waals surface area contributed by atoms with E-state index in [0.717, 1.165) is 12.5 Å². The molecule has 0 aromatic carbocycles. The Morgan fingerprint density at radius 2 is 2.08 bits per heavy atom. The molecule has 0 spiro atoms. The second kappa shape index (κ2) is 4.22. The fourth-order valence-corrected chi connectivity index (χ4v) is 3.14. The molecule has 2 rings (SSSR count). The number of ether oxygens (including phenoxy) is 1. The first-order valence-electron chi connectivity index (χ1n) is 4.84. The Morgan fingerprint density at radius 3 is 2.69 bits per heavy atom. The molecule has 74 valence electrons. The number of hydrogen-bond donors (Lipinski definition) is 1. The molecule has 3 nitrogen and oxygen atoms in total. The van der Waals surface area contributed by atoms with E-state index in [1.165, 1.54) is 24.3 Å². The predicted molar refractivity (Wildman–Crippen MR) is 52.9 cm³/mol. The Balaban J connectivity index is 1.82. The van der Waals surface area contributed by atoms with Crippen LogP contribution in [0.5, 0.6) is 0 Å². The first kappa shape index (κ1) is 9.19. The van der Waals surface area contributed by atoms with Crippen LogP contribution in [0.1, 0.15) is 12.8 Å². The minimum atomic E-state index is -0.249. The van der Waals surface area contributed by atoms with Gasteiger partial charge in [-0.05, 0) is 30.3 Å². The number of hydrogen-bond acceptors (Lipinski definition) is 3. The van der Waals surface area contributed by atoms with Gasteiger partial charge in [0.25, 0.3) is 0 Å². The van der Waals surface area contributed by atoms with Gasteiger partial charge in [0.1, 0.15) is 0 Å². The minimum absolute atomic E-state index is 0.249. The van der Waals surface area contributed by atoms with Gasteiger partial charge < -0.3 is 10.1 Å². The van der Waals surface area contributed by atoms with Crippen molar-refractivity contribution in [1.82, 2.24) is 5.32 Å². The molecule has 0 aromatic rings. The van der Waals surface area contributed by atoms with E-state index in [2.05, 4.69) is 5.32 Å². The second-order valence-corrected chi connectivity index (χ2v) is 4.91. The molecule has 0 radical (unpaired) electrons. The highest BCUT2D eigenvalue weighted by Gasteiger charge is 2.28. The van der Waals surface area contributed by atoms with Gasteiger partial charge in [-0.15, -0.1) is 0 Å². The number of carbonyl (C=O) groups excluding carboxylic acids is 1. The van der Waals surface area contributed by atoms with Crippen molar-refractivity contribution in [2.24, 2.45) is 11.8 Å². The van der Waals surface area contributed by atoms with E-state index in [1.54, 1.807) is 0 Å². The zero-order valence-electron chi connectivity index (χ0n) is 7.62. The summed E-state index contributed by atoms with van der Waals surface area (Å²) in [7, 11) is 0. The van der Waals surface area contributed by atoms with Crippen molar-refractivity contribution in [3.05, 3.63) is 0 Å². The molecule has 1 amide bonds. The summed E-state index contributed by atoms with van der Waals surface area (Å²) in [4.78, 5) is 10.8. The monoisotopic (exact) mass is 201 g/mol. The summed E-state index contributed by atoms with van der Waals surface area (Å²) in [5, 5.41) is 2.76. The van der Waals surface area contributed by atoms with Gasteiger partial charge in [0.15, 0.2) is 0 Å². The van der Waals surface area contributed by atoms with Gasteiger partial charge in [-0.3, -0.25) is 0 Å². The second-order valence-electron chi connectivity index (χ2n) is 3.69. The number of amides is 1. The van der Waals surface area contributed by atoms with Gasteiger partial charge >= 0.3 is 6.09 Å². The maximum atomic E-state index is 10.8. The Morgan fingerprint density at radius 1 is 1.31 bits per heavy atom. The molecular weight excluding hydrogens is 186 g/mol. The standard InChI is InChI=1S/C9H15NO2S/c11-9-10-5-8(6-12-9)7-1-3-13-4-2-7/h7-8H,1-6H2,(H,10,11). The van der Waals surface area contributed by atoms with Gasteiger partial charge in [0.05, 0.1) is 6.61 Å². The zero-order valence-corrected chi connectivity index (χ0v) is 8.44. The lowest BCUT2D eigenvalue weighted by Crippen LogP contribution is -2.42. The molecule has 2 aliphatic heterocycles. The Labute approximate surface area is 82.6 Å². The largest absolute Gasteiger partial charge is 0.449 e. The summed E-state index contributed by atoms with van der Waals surface area (Å²) < 4.78 is 4.99. The van der Waals surface area contributed by atoms with Crippen LogP contribution in [0.2, 0.25) is 0 Å². The predicted octanol–water partition coefficient (Wildman–Crippen LogP) is 1.49. The van der Waals surface area contributed by atoms with Crippen molar-refractivity contribution in [3.63, 3.8) is 0 Å². The highest BCUT2D eigenvalue weighted by atomic mass is 32.2. The lowest BCUT2D eigenvalue weighted by atomic mass is 9.87. The van der Waals surface area contributed by atoms with Crippen LogP contribution in [-0.2, 0) is 4.74 Å². The van der Waals surface area contributed by atoms with Gasteiger partial charge in [-0.1, -0.05) is 0 Å². The smallest absolute Gasteiger partial charge is 0.407 e. The molecule has 0 aromatic heterocycles. The summed E-state index contributed by atoms with van der Waals surface area (Å²) in [6, 6.07) is 0. The average Bonchev–Trinajstić information content (AvgIpc) is 2.20. The molecule has 2 saturated heterocycles. The molecule has 1 N–H and O–H groups in total. The molecule has 0 saturated carbocycles. The third-order valence-electron chi connectivity index (χ3n) is 2.87. The van der Waals surface area contributed by atoms with Gasteiger partial charge in [-0.25, -0.2) is 4.79 Å². The van der Waals surface area contributed by atoms with Gasteiger partial charge in [0.2, 0.25) is 0 Å². The van der Waals surface area contributed by atoms with Crippen LogP contribution in [0.4, 0.5) is 4.79 Å². The van der Waals surface area contributed by atoms with Crippen LogP contribution in [0.15, 0.2) is 0 Å². The van der Waals surface area contributed by atoms with Gasteiger partial charge in [0, 0.05) is 12.5 Å². The van der Waals surface area contributed by atoms with Crippen molar-refractivity contribution in [2.45, 2.75) is 12.8 Å². The van der Waals surface area contributed by atoms with E-state index in [1.807, 2.05) is 11.8 Å². The SMILES string of the molecule is O=C1NCC(C2CCSCC2)CO1. The van der Waals surface area contributed by atoms with Crippen LogP contribution < -0.4 is 5.32 Å². The van der Waals surface area contributed by atoms with Crippen LogP contribution in [-0.4, -0.2) is 30.8 Å². The van der Waals surface area contributed by atoms with Crippen molar-refractivity contribution < 1.29 is 9.53 Å². The van der Waals surface area contributed by atoms with E-state index in [4.69, 9.17) is 4.74 Å². The van der Waals surface area contributed by atoms with Crippen LogP contribution in [0, 0.1) is 11.8 Å². The molecule has 4 heteroatoms. The average molecular weight is 201 g/mol. The fraction of sp³-hybridized carbons (Fsp3) is 0.889. The van der Waals surface area contributed by atoms with E-state index in [9.17, 15) is 4.79 Å². The quantitative estimate of drug-likeness (QED) is 0.698. The minimum Gasteiger partial charge on any atom is -0.449 e. The molecular formula is C9H15NO2S. The fourth-order valence-electron chi connectivity index (χ4n) is 2.00. The van der Waals surface area contributed by atoms with Crippen LogP contribution in [0.25, 0.3) is 0 Å². The first-order valence-corrected chi connectivity index (χ1v) is 6.00. The van der Waals surface area contributed by atoms with Crippen molar-refractivity contribution in [2.75, 3.05) is 24.7 Å². The number of alkyl carbamates (subject to hydrolysis) is 1. The summed E-state index contributed by atoms with van der Waals surface area (Å²) in [6.07, 6.45) is 2.32. The molecule has 0 aliphatic carbocycles. The topological polar surface area (TPSA) is 38.3 Å². The number of rotatable bonds is 1. The Kier molecular flexibility index (Phi) is 2.98. The molecule has 0 bridgehead atoms.